The monoisotopic (exact) mass is 191 g/mol. The smallest absolute Gasteiger partial charge is 0.210 e. The van der Waals surface area contributed by atoms with Crippen LogP contribution in [0.25, 0.3) is 0 Å². The fourth-order valence-electron chi connectivity index (χ4n) is 1.52. The Bertz CT molecular complexity index is 271. The van der Waals surface area contributed by atoms with Crippen molar-refractivity contribution in [2.45, 2.75) is 26.3 Å². The van der Waals surface area contributed by atoms with Crippen LogP contribution in [-0.2, 0) is 4.79 Å². The Labute approximate surface area is 85.5 Å². The average Bonchev–Trinajstić information content (AvgIpc) is 2.26. The maximum atomic E-state index is 10.8. The van der Waals surface area contributed by atoms with E-state index in [2.05, 4.69) is 26.0 Å². The summed E-state index contributed by atoms with van der Waals surface area (Å²) in [5, 5.41) is 0. The van der Waals surface area contributed by atoms with Crippen molar-refractivity contribution in [3.05, 3.63) is 35.9 Å². The molecular formula is C12H17NO. The van der Waals surface area contributed by atoms with Crippen LogP contribution in [0.4, 0.5) is 0 Å². The van der Waals surface area contributed by atoms with Crippen LogP contribution in [0.15, 0.2) is 30.3 Å². The van der Waals surface area contributed by atoms with Crippen LogP contribution in [0.1, 0.15) is 31.9 Å². The van der Waals surface area contributed by atoms with Crippen LogP contribution in [0.5, 0.6) is 0 Å². The van der Waals surface area contributed by atoms with Gasteiger partial charge in [-0.1, -0.05) is 37.3 Å². The molecule has 0 saturated heterocycles. The van der Waals surface area contributed by atoms with Gasteiger partial charge >= 0.3 is 0 Å². The van der Waals surface area contributed by atoms with Crippen molar-refractivity contribution < 1.29 is 4.79 Å². The highest BCUT2D eigenvalue weighted by atomic mass is 16.1. The summed E-state index contributed by atoms with van der Waals surface area (Å²) in [6.07, 6.45) is 1.93. The van der Waals surface area contributed by atoms with E-state index in [9.17, 15) is 4.79 Å². The predicted octanol–water partition coefficient (Wildman–Crippen LogP) is 2.62. The number of hydrogen-bond donors (Lipinski definition) is 0. The first-order valence-corrected chi connectivity index (χ1v) is 5.05. The number of rotatable bonds is 5. The Morgan fingerprint density at radius 1 is 1.36 bits per heavy atom. The fraction of sp³-hybridized carbons (Fsp3) is 0.417. The topological polar surface area (TPSA) is 20.3 Å². The quantitative estimate of drug-likeness (QED) is 0.655. The first-order chi connectivity index (χ1) is 6.79. The zero-order valence-electron chi connectivity index (χ0n) is 8.81. The minimum atomic E-state index is 0.175. The second kappa shape index (κ2) is 5.43. The van der Waals surface area contributed by atoms with Gasteiger partial charge in [0.25, 0.3) is 0 Å². The highest BCUT2D eigenvalue weighted by molar-refractivity contribution is 5.48. The summed E-state index contributed by atoms with van der Waals surface area (Å²) in [6, 6.07) is 10.3. The summed E-state index contributed by atoms with van der Waals surface area (Å²) in [7, 11) is 0. The van der Waals surface area contributed by atoms with Crippen LogP contribution in [0, 0.1) is 0 Å². The Balaban J connectivity index is 2.72. The second-order valence-corrected chi connectivity index (χ2v) is 3.43. The van der Waals surface area contributed by atoms with Crippen molar-refractivity contribution in [3.8, 4) is 0 Å². The van der Waals surface area contributed by atoms with Gasteiger partial charge in [0.2, 0.25) is 6.41 Å². The molecule has 1 atom stereocenters. The number of nitrogens with zero attached hydrogens (tertiary/aromatic N) is 1. The van der Waals surface area contributed by atoms with Gasteiger partial charge in [-0.2, -0.15) is 0 Å². The number of carbonyl (C=O) groups excluding carboxylic acids is 1. The van der Waals surface area contributed by atoms with Gasteiger partial charge in [0.15, 0.2) is 0 Å². The molecule has 76 valence electrons. The zero-order valence-corrected chi connectivity index (χ0v) is 8.81. The molecule has 0 spiro atoms. The van der Waals surface area contributed by atoms with E-state index in [1.165, 1.54) is 5.56 Å². The molecule has 0 N–H and O–H groups in total. The number of hydrogen-bond acceptors (Lipinski definition) is 1. The maximum Gasteiger partial charge on any atom is 0.210 e. The predicted molar refractivity (Wildman–Crippen MR) is 57.9 cm³/mol. The standard InChI is InChI=1S/C12H17NO/c1-3-9-13(10-14)11(2)12-7-5-4-6-8-12/h4-8,10-11H,3,9H2,1-2H3/t11-/m0/s1. The lowest BCUT2D eigenvalue weighted by atomic mass is 10.1. The second-order valence-electron chi connectivity index (χ2n) is 3.43. The van der Waals surface area contributed by atoms with Crippen molar-refractivity contribution in [2.75, 3.05) is 6.54 Å². The van der Waals surface area contributed by atoms with Crippen molar-refractivity contribution >= 4 is 6.41 Å². The highest BCUT2D eigenvalue weighted by Crippen LogP contribution is 2.18. The third kappa shape index (κ3) is 2.59. The van der Waals surface area contributed by atoms with Gasteiger partial charge < -0.3 is 4.90 Å². The number of benzene rings is 1. The summed E-state index contributed by atoms with van der Waals surface area (Å²) in [5.41, 5.74) is 1.19. The Kier molecular flexibility index (Phi) is 4.17. The molecule has 1 aromatic carbocycles. The van der Waals surface area contributed by atoms with Gasteiger partial charge in [0, 0.05) is 6.54 Å². The molecule has 2 nitrogen and oxygen atoms in total. The molecule has 1 rings (SSSR count). The molecule has 1 aromatic rings. The Morgan fingerprint density at radius 3 is 2.50 bits per heavy atom. The molecule has 0 aliphatic carbocycles. The average molecular weight is 191 g/mol. The SMILES string of the molecule is CCCN(C=O)[C@@H](C)c1ccccc1. The van der Waals surface area contributed by atoms with Crippen LogP contribution < -0.4 is 0 Å². The van der Waals surface area contributed by atoms with E-state index < -0.39 is 0 Å². The lowest BCUT2D eigenvalue weighted by Crippen LogP contribution is -2.26. The molecule has 0 bridgehead atoms. The van der Waals surface area contributed by atoms with Crippen molar-refractivity contribution in [1.29, 1.82) is 0 Å². The van der Waals surface area contributed by atoms with Crippen molar-refractivity contribution in [1.82, 2.24) is 4.90 Å². The lowest BCUT2D eigenvalue weighted by Gasteiger charge is -2.24. The molecule has 14 heavy (non-hydrogen) atoms. The van der Waals surface area contributed by atoms with Gasteiger partial charge in [0.05, 0.1) is 6.04 Å². The number of carbonyl (C=O) groups is 1. The first-order valence-electron chi connectivity index (χ1n) is 5.05. The first kappa shape index (κ1) is 10.8. The molecule has 0 radical (unpaired) electrons. The minimum absolute atomic E-state index is 0.175. The third-order valence-electron chi connectivity index (χ3n) is 2.40. The summed E-state index contributed by atoms with van der Waals surface area (Å²) in [4.78, 5) is 12.7. The van der Waals surface area contributed by atoms with Gasteiger partial charge in [-0.15, -0.1) is 0 Å². The Morgan fingerprint density at radius 2 is 2.00 bits per heavy atom. The summed E-state index contributed by atoms with van der Waals surface area (Å²) < 4.78 is 0. The van der Waals surface area contributed by atoms with E-state index in [1.807, 2.05) is 23.1 Å². The molecule has 2 heteroatoms. The summed E-state index contributed by atoms with van der Waals surface area (Å²) in [5.74, 6) is 0. The van der Waals surface area contributed by atoms with Crippen LogP contribution >= 0.6 is 0 Å². The van der Waals surface area contributed by atoms with Gasteiger partial charge in [-0.05, 0) is 18.9 Å². The maximum absolute atomic E-state index is 10.8. The van der Waals surface area contributed by atoms with Crippen molar-refractivity contribution in [2.24, 2.45) is 0 Å². The molecule has 0 aromatic heterocycles. The lowest BCUT2D eigenvalue weighted by molar-refractivity contribution is -0.120. The van der Waals surface area contributed by atoms with E-state index in [4.69, 9.17) is 0 Å². The molecule has 0 saturated carbocycles. The molecular weight excluding hydrogens is 174 g/mol. The normalized spacial score (nSPS) is 12.1. The summed E-state index contributed by atoms with van der Waals surface area (Å²) >= 11 is 0. The Hall–Kier alpha value is -1.31. The summed E-state index contributed by atoms with van der Waals surface area (Å²) in [6.45, 7) is 4.95. The van der Waals surface area contributed by atoms with Crippen molar-refractivity contribution in [3.63, 3.8) is 0 Å². The molecule has 0 aliphatic heterocycles. The highest BCUT2D eigenvalue weighted by Gasteiger charge is 2.11. The molecule has 0 unspecified atom stereocenters. The van der Waals surface area contributed by atoms with Gasteiger partial charge in [0.1, 0.15) is 0 Å². The zero-order chi connectivity index (χ0) is 10.4. The third-order valence-corrected chi connectivity index (χ3v) is 2.40. The van der Waals surface area contributed by atoms with E-state index in [0.29, 0.717) is 0 Å². The minimum Gasteiger partial charge on any atom is -0.339 e. The largest absolute Gasteiger partial charge is 0.339 e. The van der Waals surface area contributed by atoms with Crippen LogP contribution in [0.3, 0.4) is 0 Å². The van der Waals surface area contributed by atoms with E-state index >= 15 is 0 Å². The van der Waals surface area contributed by atoms with Gasteiger partial charge in [-0.25, -0.2) is 0 Å². The van der Waals surface area contributed by atoms with E-state index in [1.54, 1.807) is 0 Å². The van der Waals surface area contributed by atoms with Crippen LogP contribution in [-0.4, -0.2) is 17.9 Å². The molecule has 1 amide bonds. The van der Waals surface area contributed by atoms with Gasteiger partial charge in [-0.3, -0.25) is 4.79 Å². The van der Waals surface area contributed by atoms with Crippen LogP contribution in [0.2, 0.25) is 0 Å². The van der Waals surface area contributed by atoms with E-state index in [0.717, 1.165) is 19.4 Å². The molecule has 0 aliphatic rings. The fourth-order valence-corrected chi connectivity index (χ4v) is 1.52. The number of amides is 1. The molecule has 0 heterocycles. The molecule has 0 fully saturated rings. The van der Waals surface area contributed by atoms with E-state index in [-0.39, 0.29) is 6.04 Å².